The Hall–Kier alpha value is -2.25. The van der Waals surface area contributed by atoms with E-state index in [1.807, 2.05) is 0 Å². The monoisotopic (exact) mass is 256 g/mol. The number of ether oxygens (including phenoxy) is 1. The maximum absolute atomic E-state index is 12.2. The zero-order valence-electron chi connectivity index (χ0n) is 9.67. The Labute approximate surface area is 100 Å². The number of tetrazole rings is 1. The van der Waals surface area contributed by atoms with Gasteiger partial charge in [0, 0.05) is 12.6 Å². The quantitative estimate of drug-likeness (QED) is 0.817. The van der Waals surface area contributed by atoms with Gasteiger partial charge in [-0.05, 0) is 29.5 Å². The van der Waals surface area contributed by atoms with E-state index in [2.05, 4.69) is 15.2 Å². The summed E-state index contributed by atoms with van der Waals surface area (Å²) in [5.74, 6) is 0.0000491. The third kappa shape index (κ3) is 2.08. The summed E-state index contributed by atoms with van der Waals surface area (Å²) in [6.07, 6.45) is 0. The third-order valence-electron chi connectivity index (χ3n) is 2.42. The number of rotatable bonds is 3. The van der Waals surface area contributed by atoms with Crippen LogP contribution in [0.4, 0.5) is 8.78 Å². The molecule has 0 amide bonds. The molecule has 1 heterocycles. The second kappa shape index (κ2) is 4.55. The van der Waals surface area contributed by atoms with E-state index in [-0.39, 0.29) is 5.75 Å². The summed E-state index contributed by atoms with van der Waals surface area (Å²) >= 11 is 0. The number of hydrogen-bond donors (Lipinski definition) is 0. The zero-order chi connectivity index (χ0) is 13.3. The van der Waals surface area contributed by atoms with Crippen molar-refractivity contribution in [3.8, 4) is 11.4 Å². The Morgan fingerprint density at radius 1 is 1.33 bits per heavy atom. The summed E-state index contributed by atoms with van der Waals surface area (Å²) in [5.41, 5.74) is 0.277. The van der Waals surface area contributed by atoms with Crippen molar-refractivity contribution in [3.63, 3.8) is 0 Å². The Bertz CT molecular complexity index is 621. The van der Waals surface area contributed by atoms with E-state index in [1.54, 1.807) is 13.0 Å². The van der Waals surface area contributed by atoms with Crippen molar-refractivity contribution in [1.29, 1.82) is 0 Å². The van der Waals surface area contributed by atoms with E-state index in [0.717, 1.165) is 9.36 Å². The molecular weight excluding hydrogens is 246 g/mol. The molecule has 1 aromatic carbocycles. The molecule has 96 valence electrons. The first kappa shape index (κ1) is 12.2. The molecule has 0 aliphatic carbocycles. The molecule has 18 heavy (non-hydrogen) atoms. The summed E-state index contributed by atoms with van der Waals surface area (Å²) in [6, 6.07) is 4.47. The standard InChI is InChI=1S/C10H10F2N4O2/c1-6-7(16-10(17)15(2)13-14-16)4-3-5-8(6)18-9(11)12/h3-5,9H,1-2H3. The van der Waals surface area contributed by atoms with E-state index < -0.39 is 12.3 Å². The molecular formula is C10H10F2N4O2. The van der Waals surface area contributed by atoms with Gasteiger partial charge in [0.1, 0.15) is 5.75 Å². The minimum atomic E-state index is -2.92. The molecule has 8 heteroatoms. The predicted molar refractivity (Wildman–Crippen MR) is 58.0 cm³/mol. The number of nitrogens with zero attached hydrogens (tertiary/aromatic N) is 4. The van der Waals surface area contributed by atoms with Crippen LogP contribution in [0.15, 0.2) is 23.0 Å². The molecule has 0 saturated heterocycles. The topological polar surface area (TPSA) is 61.9 Å². The molecule has 0 radical (unpaired) electrons. The van der Waals surface area contributed by atoms with Crippen LogP contribution in [0.1, 0.15) is 5.56 Å². The molecule has 0 N–H and O–H groups in total. The molecule has 0 aliphatic heterocycles. The van der Waals surface area contributed by atoms with Crippen LogP contribution in [0.25, 0.3) is 5.69 Å². The van der Waals surface area contributed by atoms with Crippen molar-refractivity contribution in [2.45, 2.75) is 13.5 Å². The van der Waals surface area contributed by atoms with Gasteiger partial charge in [0.15, 0.2) is 0 Å². The number of aryl methyl sites for hydroxylation is 1. The normalized spacial score (nSPS) is 10.9. The first-order chi connectivity index (χ1) is 8.50. The molecule has 2 rings (SSSR count). The lowest BCUT2D eigenvalue weighted by atomic mass is 10.2. The number of alkyl halides is 2. The minimum Gasteiger partial charge on any atom is -0.434 e. The highest BCUT2D eigenvalue weighted by Gasteiger charge is 2.14. The number of aromatic nitrogens is 4. The van der Waals surface area contributed by atoms with Gasteiger partial charge in [-0.1, -0.05) is 6.07 Å². The molecule has 0 bridgehead atoms. The van der Waals surface area contributed by atoms with Crippen LogP contribution in [-0.2, 0) is 7.05 Å². The lowest BCUT2D eigenvalue weighted by molar-refractivity contribution is -0.0502. The maximum atomic E-state index is 12.2. The SMILES string of the molecule is Cc1c(OC(F)F)cccc1-n1nnn(C)c1=O. The maximum Gasteiger partial charge on any atom is 0.387 e. The van der Waals surface area contributed by atoms with Crippen LogP contribution in [0.2, 0.25) is 0 Å². The molecule has 0 atom stereocenters. The molecule has 2 aromatic rings. The van der Waals surface area contributed by atoms with Crippen LogP contribution in [0.3, 0.4) is 0 Å². The Morgan fingerprint density at radius 3 is 2.61 bits per heavy atom. The Morgan fingerprint density at radius 2 is 2.06 bits per heavy atom. The van der Waals surface area contributed by atoms with Crippen molar-refractivity contribution in [2.75, 3.05) is 0 Å². The van der Waals surface area contributed by atoms with Gasteiger partial charge in [-0.15, -0.1) is 0 Å². The summed E-state index contributed by atoms with van der Waals surface area (Å²) in [7, 11) is 1.45. The highest BCUT2D eigenvalue weighted by atomic mass is 19.3. The Balaban J connectivity index is 2.52. The number of hydrogen-bond acceptors (Lipinski definition) is 4. The van der Waals surface area contributed by atoms with E-state index in [0.29, 0.717) is 11.3 Å². The molecule has 0 unspecified atom stereocenters. The van der Waals surface area contributed by atoms with Crippen LogP contribution in [0.5, 0.6) is 5.75 Å². The van der Waals surface area contributed by atoms with E-state index >= 15 is 0 Å². The van der Waals surface area contributed by atoms with Gasteiger partial charge in [-0.3, -0.25) is 0 Å². The summed E-state index contributed by atoms with van der Waals surface area (Å²) in [6.45, 7) is -1.36. The molecule has 0 saturated carbocycles. The van der Waals surface area contributed by atoms with Gasteiger partial charge in [0.2, 0.25) is 0 Å². The number of benzene rings is 1. The van der Waals surface area contributed by atoms with Crippen molar-refractivity contribution >= 4 is 0 Å². The van der Waals surface area contributed by atoms with Crippen molar-refractivity contribution in [2.24, 2.45) is 7.05 Å². The first-order valence-corrected chi connectivity index (χ1v) is 5.04. The van der Waals surface area contributed by atoms with Gasteiger partial charge in [-0.2, -0.15) is 18.1 Å². The first-order valence-electron chi connectivity index (χ1n) is 5.04. The minimum absolute atomic E-state index is 0.0000491. The van der Waals surface area contributed by atoms with E-state index in [1.165, 1.54) is 19.2 Å². The van der Waals surface area contributed by atoms with Gasteiger partial charge in [0.25, 0.3) is 0 Å². The summed E-state index contributed by atoms with van der Waals surface area (Å²) in [5, 5.41) is 7.19. The van der Waals surface area contributed by atoms with Gasteiger partial charge < -0.3 is 4.74 Å². The van der Waals surface area contributed by atoms with E-state index in [9.17, 15) is 13.6 Å². The van der Waals surface area contributed by atoms with Crippen LogP contribution < -0.4 is 10.4 Å². The second-order valence-corrected chi connectivity index (χ2v) is 3.58. The largest absolute Gasteiger partial charge is 0.434 e. The Kier molecular flexibility index (Phi) is 3.09. The fourth-order valence-corrected chi connectivity index (χ4v) is 1.52. The highest BCUT2D eigenvalue weighted by Crippen LogP contribution is 2.24. The summed E-state index contributed by atoms with van der Waals surface area (Å²) < 4.78 is 30.8. The molecule has 0 fully saturated rings. The van der Waals surface area contributed by atoms with Crippen molar-refractivity contribution in [3.05, 3.63) is 34.2 Å². The van der Waals surface area contributed by atoms with E-state index in [4.69, 9.17) is 0 Å². The van der Waals surface area contributed by atoms with Gasteiger partial charge >= 0.3 is 12.3 Å². The smallest absolute Gasteiger partial charge is 0.387 e. The fourth-order valence-electron chi connectivity index (χ4n) is 1.52. The predicted octanol–water partition coefficient (Wildman–Crippen LogP) is 0.876. The van der Waals surface area contributed by atoms with Crippen molar-refractivity contribution < 1.29 is 13.5 Å². The zero-order valence-corrected chi connectivity index (χ0v) is 9.67. The highest BCUT2D eigenvalue weighted by molar-refractivity contribution is 5.47. The van der Waals surface area contributed by atoms with Crippen LogP contribution in [-0.4, -0.2) is 26.4 Å². The second-order valence-electron chi connectivity index (χ2n) is 3.58. The number of halogens is 2. The van der Waals surface area contributed by atoms with Crippen LogP contribution in [0, 0.1) is 6.92 Å². The van der Waals surface area contributed by atoms with Gasteiger partial charge in [0.05, 0.1) is 5.69 Å². The summed E-state index contributed by atoms with van der Waals surface area (Å²) in [4.78, 5) is 11.7. The van der Waals surface area contributed by atoms with Crippen molar-refractivity contribution in [1.82, 2.24) is 19.8 Å². The molecule has 1 aromatic heterocycles. The molecule has 0 spiro atoms. The average Bonchev–Trinajstić information content (AvgIpc) is 2.63. The average molecular weight is 256 g/mol. The lowest BCUT2D eigenvalue weighted by Gasteiger charge is -2.10. The molecule has 0 aliphatic rings. The van der Waals surface area contributed by atoms with Gasteiger partial charge in [-0.25, -0.2) is 4.79 Å². The fraction of sp³-hybridized carbons (Fsp3) is 0.300. The molecule has 6 nitrogen and oxygen atoms in total. The van der Waals surface area contributed by atoms with Crippen LogP contribution >= 0.6 is 0 Å². The lowest BCUT2D eigenvalue weighted by Crippen LogP contribution is -2.22. The third-order valence-corrected chi connectivity index (χ3v) is 2.42.